The van der Waals surface area contributed by atoms with E-state index in [1.54, 1.807) is 6.92 Å². The second-order valence-corrected chi connectivity index (χ2v) is 2.64. The van der Waals surface area contributed by atoms with Crippen molar-refractivity contribution in [2.45, 2.75) is 6.92 Å². The highest BCUT2D eigenvalue weighted by Crippen LogP contribution is 2.02. The van der Waals surface area contributed by atoms with Gasteiger partial charge in [-0.3, -0.25) is 4.98 Å². The van der Waals surface area contributed by atoms with E-state index >= 15 is 0 Å². The lowest BCUT2D eigenvalue weighted by atomic mass is 10.2. The third-order valence-electron chi connectivity index (χ3n) is 1.64. The molecule has 15 heavy (non-hydrogen) atoms. The maximum absolute atomic E-state index is 11.2. The van der Waals surface area contributed by atoms with Gasteiger partial charge in [0.1, 0.15) is 5.69 Å². The minimum absolute atomic E-state index is 0.106. The molecule has 0 bridgehead atoms. The van der Waals surface area contributed by atoms with E-state index in [4.69, 9.17) is 15.7 Å². The molecule has 0 amide bonds. The van der Waals surface area contributed by atoms with Crippen LogP contribution in [-0.4, -0.2) is 28.6 Å². The topological polar surface area (TPSA) is 97.8 Å². The van der Waals surface area contributed by atoms with Crippen LogP contribution < -0.4 is 5.73 Å². The molecule has 0 spiro atoms. The van der Waals surface area contributed by atoms with Gasteiger partial charge >= 0.3 is 5.97 Å². The van der Waals surface area contributed by atoms with E-state index < -0.39 is 5.97 Å². The van der Waals surface area contributed by atoms with Crippen LogP contribution in [0.5, 0.6) is 0 Å². The molecule has 6 heteroatoms. The molecule has 0 aromatic carbocycles. The van der Waals surface area contributed by atoms with E-state index in [1.165, 1.54) is 18.3 Å². The van der Waals surface area contributed by atoms with Gasteiger partial charge in [0.05, 0.1) is 12.2 Å². The molecule has 80 valence electrons. The molecule has 0 aliphatic carbocycles. The van der Waals surface area contributed by atoms with Crippen molar-refractivity contribution in [2.75, 3.05) is 6.61 Å². The van der Waals surface area contributed by atoms with Crippen molar-refractivity contribution in [1.82, 2.24) is 4.98 Å². The molecule has 0 unspecified atom stereocenters. The fraction of sp³-hybridized carbons (Fsp3) is 0.222. The minimum Gasteiger partial charge on any atom is -0.462 e. The predicted octanol–water partition coefficient (Wildman–Crippen LogP) is 0.353. The molecule has 0 atom stereocenters. The van der Waals surface area contributed by atoms with Crippen LogP contribution in [0.3, 0.4) is 0 Å². The summed E-state index contributed by atoms with van der Waals surface area (Å²) >= 11 is 0. The number of pyridine rings is 1. The zero-order valence-corrected chi connectivity index (χ0v) is 8.17. The van der Waals surface area contributed by atoms with Gasteiger partial charge in [-0.25, -0.2) is 4.79 Å². The first kappa shape index (κ1) is 11.0. The van der Waals surface area contributed by atoms with Crippen molar-refractivity contribution < 1.29 is 14.7 Å². The van der Waals surface area contributed by atoms with Gasteiger partial charge in [-0.2, -0.15) is 0 Å². The molecule has 1 heterocycles. The number of esters is 1. The smallest absolute Gasteiger partial charge is 0.339 e. The standard InChI is InChI=1S/C9H11N3O3/c1-2-15-9(13)6-3-4-7(11-5-6)8(10)12-14/h3-5,14H,2H2,1H3,(H2,10,12). The molecular formula is C9H11N3O3. The summed E-state index contributed by atoms with van der Waals surface area (Å²) < 4.78 is 4.76. The largest absolute Gasteiger partial charge is 0.462 e. The van der Waals surface area contributed by atoms with E-state index in [0.717, 1.165) is 0 Å². The van der Waals surface area contributed by atoms with Crippen LogP contribution >= 0.6 is 0 Å². The molecule has 0 saturated heterocycles. The Morgan fingerprint density at radius 2 is 2.40 bits per heavy atom. The number of ether oxygens (including phenoxy) is 1. The zero-order valence-electron chi connectivity index (χ0n) is 8.17. The molecule has 6 nitrogen and oxygen atoms in total. The second-order valence-electron chi connectivity index (χ2n) is 2.64. The Balaban J connectivity index is 2.85. The lowest BCUT2D eigenvalue weighted by Gasteiger charge is -2.01. The third-order valence-corrected chi connectivity index (χ3v) is 1.64. The summed E-state index contributed by atoms with van der Waals surface area (Å²) in [6, 6.07) is 2.97. The average Bonchev–Trinajstić information content (AvgIpc) is 2.28. The van der Waals surface area contributed by atoms with E-state index in [0.29, 0.717) is 17.9 Å². The first-order valence-corrected chi connectivity index (χ1v) is 4.30. The van der Waals surface area contributed by atoms with E-state index in [2.05, 4.69) is 10.1 Å². The fourth-order valence-electron chi connectivity index (χ4n) is 0.932. The van der Waals surface area contributed by atoms with Crippen molar-refractivity contribution >= 4 is 11.8 Å². The summed E-state index contributed by atoms with van der Waals surface area (Å²) in [5.74, 6) is -0.554. The molecular weight excluding hydrogens is 198 g/mol. The lowest BCUT2D eigenvalue weighted by Crippen LogP contribution is -2.15. The van der Waals surface area contributed by atoms with Crippen molar-refractivity contribution in [3.8, 4) is 0 Å². The Hall–Kier alpha value is -2.11. The molecule has 1 aromatic rings. The number of nitrogens with zero attached hydrogens (tertiary/aromatic N) is 2. The van der Waals surface area contributed by atoms with Crippen molar-refractivity contribution in [1.29, 1.82) is 0 Å². The summed E-state index contributed by atoms with van der Waals surface area (Å²) in [5.41, 5.74) is 5.92. The molecule has 0 saturated carbocycles. The van der Waals surface area contributed by atoms with Gasteiger partial charge in [-0.1, -0.05) is 5.16 Å². The van der Waals surface area contributed by atoms with Crippen molar-refractivity contribution in [2.24, 2.45) is 10.9 Å². The molecule has 0 aliphatic heterocycles. The van der Waals surface area contributed by atoms with Gasteiger partial charge in [0.25, 0.3) is 0 Å². The highest BCUT2D eigenvalue weighted by Gasteiger charge is 2.07. The Labute approximate surface area is 86.4 Å². The lowest BCUT2D eigenvalue weighted by molar-refractivity contribution is 0.0526. The van der Waals surface area contributed by atoms with Gasteiger partial charge in [-0.05, 0) is 19.1 Å². The number of nitrogens with two attached hydrogens (primary N) is 1. The average molecular weight is 209 g/mol. The normalized spacial score (nSPS) is 11.1. The van der Waals surface area contributed by atoms with Crippen LogP contribution in [0.2, 0.25) is 0 Å². The Kier molecular flexibility index (Phi) is 3.61. The molecule has 0 radical (unpaired) electrons. The SMILES string of the molecule is CCOC(=O)c1ccc(/C(N)=N/O)nc1. The molecule has 0 fully saturated rings. The zero-order chi connectivity index (χ0) is 11.3. The molecule has 1 aromatic heterocycles. The number of carbonyl (C=O) groups is 1. The van der Waals surface area contributed by atoms with Crippen molar-refractivity contribution in [3.63, 3.8) is 0 Å². The van der Waals surface area contributed by atoms with Gasteiger partial charge in [0.15, 0.2) is 5.84 Å². The number of hydrogen-bond donors (Lipinski definition) is 2. The monoisotopic (exact) mass is 209 g/mol. The van der Waals surface area contributed by atoms with Crippen LogP contribution in [0.4, 0.5) is 0 Å². The summed E-state index contributed by atoms with van der Waals surface area (Å²) in [6.45, 7) is 2.02. The number of rotatable bonds is 3. The predicted molar refractivity (Wildman–Crippen MR) is 52.7 cm³/mol. The molecule has 1 rings (SSSR count). The fourth-order valence-corrected chi connectivity index (χ4v) is 0.932. The summed E-state index contributed by atoms with van der Waals surface area (Å²) in [5, 5.41) is 11.2. The number of amidine groups is 1. The Morgan fingerprint density at radius 3 is 2.87 bits per heavy atom. The quantitative estimate of drug-likeness (QED) is 0.246. The number of hydrogen-bond acceptors (Lipinski definition) is 5. The molecule has 3 N–H and O–H groups in total. The summed E-state index contributed by atoms with van der Waals surface area (Å²) in [4.78, 5) is 15.1. The van der Waals surface area contributed by atoms with Crippen LogP contribution in [0.25, 0.3) is 0 Å². The minimum atomic E-state index is -0.448. The first-order chi connectivity index (χ1) is 7.19. The third kappa shape index (κ3) is 2.67. The Morgan fingerprint density at radius 1 is 1.67 bits per heavy atom. The summed E-state index contributed by atoms with van der Waals surface area (Å²) in [6.07, 6.45) is 1.31. The van der Waals surface area contributed by atoms with Crippen molar-refractivity contribution in [3.05, 3.63) is 29.6 Å². The van der Waals surface area contributed by atoms with Crippen LogP contribution in [-0.2, 0) is 4.74 Å². The van der Waals surface area contributed by atoms with Crippen LogP contribution in [0, 0.1) is 0 Å². The highest BCUT2D eigenvalue weighted by atomic mass is 16.5. The van der Waals surface area contributed by atoms with Crippen LogP contribution in [0.1, 0.15) is 23.0 Å². The van der Waals surface area contributed by atoms with E-state index in [9.17, 15) is 4.79 Å². The van der Waals surface area contributed by atoms with Gasteiger partial charge in [-0.15, -0.1) is 0 Å². The molecule has 0 aliphatic rings. The number of oxime groups is 1. The maximum atomic E-state index is 11.2. The number of carbonyl (C=O) groups excluding carboxylic acids is 1. The summed E-state index contributed by atoms with van der Waals surface area (Å²) in [7, 11) is 0. The number of aromatic nitrogens is 1. The Bertz CT molecular complexity index is 373. The highest BCUT2D eigenvalue weighted by molar-refractivity contribution is 5.96. The first-order valence-electron chi connectivity index (χ1n) is 4.30. The van der Waals surface area contributed by atoms with E-state index in [-0.39, 0.29) is 5.84 Å². The van der Waals surface area contributed by atoms with Gasteiger partial charge < -0.3 is 15.7 Å². The van der Waals surface area contributed by atoms with E-state index in [1.807, 2.05) is 0 Å². The van der Waals surface area contributed by atoms with Crippen LogP contribution in [0.15, 0.2) is 23.5 Å². The van der Waals surface area contributed by atoms with Gasteiger partial charge in [0.2, 0.25) is 0 Å². The second kappa shape index (κ2) is 4.94. The van der Waals surface area contributed by atoms with Gasteiger partial charge in [0, 0.05) is 6.20 Å². The maximum Gasteiger partial charge on any atom is 0.339 e.